The first-order valence-corrected chi connectivity index (χ1v) is 13.3. The van der Waals surface area contributed by atoms with Gasteiger partial charge in [-0.15, -0.1) is 0 Å². The molecular formula is C20H21Cl2N2O5PS. The minimum absolute atomic E-state index is 0.0907. The van der Waals surface area contributed by atoms with E-state index in [2.05, 4.69) is 4.98 Å². The van der Waals surface area contributed by atoms with Gasteiger partial charge in [-0.05, 0) is 50.2 Å². The molecule has 0 N–H and O–H groups in total. The molecule has 2 aromatic carbocycles. The van der Waals surface area contributed by atoms with E-state index >= 15 is 0 Å². The lowest BCUT2D eigenvalue weighted by atomic mass is 10.2. The number of aromatic nitrogens is 1. The summed E-state index contributed by atoms with van der Waals surface area (Å²) in [6.07, 6.45) is 1.08. The second-order valence-corrected chi connectivity index (χ2v) is 11.2. The molecule has 1 heterocycles. The molecule has 0 aliphatic rings. The highest BCUT2D eigenvalue weighted by Gasteiger charge is 2.35. The second kappa shape index (κ2) is 9.86. The number of nitrogens with zero attached hydrogens (tertiary/aromatic N) is 2. The summed E-state index contributed by atoms with van der Waals surface area (Å²) in [6, 6.07) is 12.6. The second-order valence-electron chi connectivity index (χ2n) is 6.43. The fourth-order valence-electron chi connectivity index (χ4n) is 2.98. The van der Waals surface area contributed by atoms with Crippen LogP contribution >= 0.6 is 30.8 Å². The number of fused-ring (bicyclic) bond motifs is 1. The average Bonchev–Trinajstić information content (AvgIpc) is 2.71. The number of rotatable bonds is 9. The van der Waals surface area contributed by atoms with E-state index < -0.39 is 23.9 Å². The van der Waals surface area contributed by atoms with Crippen LogP contribution in [0, 0.1) is 0 Å². The van der Waals surface area contributed by atoms with Gasteiger partial charge >= 0.3 is 7.60 Å². The van der Waals surface area contributed by atoms with Gasteiger partial charge in [-0.3, -0.25) is 13.9 Å². The summed E-state index contributed by atoms with van der Waals surface area (Å²) in [7, 11) is -8.01. The van der Waals surface area contributed by atoms with Crippen molar-refractivity contribution in [3.05, 3.63) is 64.8 Å². The summed E-state index contributed by atoms with van der Waals surface area (Å²) in [5.41, 5.74) is 0.828. The SMILES string of the molecule is CCOP(=O)(CN(c1ccc2cccnc2c1)S(=O)(=O)c1cc(Cl)cc(Cl)c1)OCC. The predicted octanol–water partition coefficient (Wildman–Crippen LogP) is 5.96. The number of sulfonamides is 1. The van der Waals surface area contributed by atoms with Crippen LogP contribution in [0.3, 0.4) is 0 Å². The summed E-state index contributed by atoms with van der Waals surface area (Å²) in [5.74, 6) is 0. The van der Waals surface area contributed by atoms with Crippen molar-refractivity contribution in [2.45, 2.75) is 18.7 Å². The average molecular weight is 503 g/mol. The molecule has 0 atom stereocenters. The van der Waals surface area contributed by atoms with E-state index in [1.54, 1.807) is 44.3 Å². The number of benzene rings is 2. The lowest BCUT2D eigenvalue weighted by molar-refractivity contribution is 0.221. The maximum Gasteiger partial charge on any atom is 0.350 e. The van der Waals surface area contributed by atoms with Crippen molar-refractivity contribution in [2.24, 2.45) is 0 Å². The molecule has 11 heteroatoms. The number of hydrogen-bond donors (Lipinski definition) is 0. The van der Waals surface area contributed by atoms with Gasteiger partial charge in [-0.1, -0.05) is 35.3 Å². The van der Waals surface area contributed by atoms with Crippen LogP contribution < -0.4 is 4.31 Å². The van der Waals surface area contributed by atoms with Gasteiger partial charge < -0.3 is 9.05 Å². The molecule has 1 aromatic heterocycles. The van der Waals surface area contributed by atoms with Gasteiger partial charge in [0.1, 0.15) is 6.29 Å². The molecule has 0 aliphatic carbocycles. The molecule has 31 heavy (non-hydrogen) atoms. The van der Waals surface area contributed by atoms with Gasteiger partial charge in [0, 0.05) is 21.6 Å². The smallest absolute Gasteiger partial charge is 0.308 e. The minimum Gasteiger partial charge on any atom is -0.308 e. The topological polar surface area (TPSA) is 85.8 Å². The van der Waals surface area contributed by atoms with Crippen molar-refractivity contribution in [3.63, 3.8) is 0 Å². The molecule has 3 rings (SSSR count). The molecule has 0 fully saturated rings. The molecule has 0 amide bonds. The lowest BCUT2D eigenvalue weighted by Gasteiger charge is -2.28. The van der Waals surface area contributed by atoms with Gasteiger partial charge in [0.05, 0.1) is 29.3 Å². The summed E-state index contributed by atoms with van der Waals surface area (Å²) in [4.78, 5) is 4.13. The number of halogens is 2. The van der Waals surface area contributed by atoms with E-state index in [1.807, 2.05) is 6.07 Å². The molecular weight excluding hydrogens is 482 g/mol. The molecule has 0 bridgehead atoms. The van der Waals surface area contributed by atoms with E-state index in [-0.39, 0.29) is 33.8 Å². The lowest BCUT2D eigenvalue weighted by Crippen LogP contribution is -2.33. The van der Waals surface area contributed by atoms with Crippen LogP contribution in [-0.4, -0.2) is 32.9 Å². The third kappa shape index (κ3) is 5.58. The first-order valence-electron chi connectivity index (χ1n) is 9.40. The molecule has 0 spiro atoms. The summed E-state index contributed by atoms with van der Waals surface area (Å²) in [6.45, 7) is 3.49. The van der Waals surface area contributed by atoms with Crippen molar-refractivity contribution in [1.82, 2.24) is 4.98 Å². The number of anilines is 1. The quantitative estimate of drug-likeness (QED) is 0.335. The summed E-state index contributed by atoms with van der Waals surface area (Å²) >= 11 is 12.1. The van der Waals surface area contributed by atoms with E-state index in [0.29, 0.717) is 5.52 Å². The Bertz CT molecular complexity index is 1210. The zero-order valence-corrected chi connectivity index (χ0v) is 20.1. The van der Waals surface area contributed by atoms with Crippen LogP contribution in [0.1, 0.15) is 13.8 Å². The Labute approximate surface area is 191 Å². The molecule has 166 valence electrons. The van der Waals surface area contributed by atoms with Crippen LogP contribution in [0.2, 0.25) is 10.0 Å². The molecule has 0 aliphatic heterocycles. The first kappa shape index (κ1) is 24.0. The van der Waals surface area contributed by atoms with Crippen LogP contribution in [0.25, 0.3) is 10.9 Å². The molecule has 0 radical (unpaired) electrons. The minimum atomic E-state index is -4.23. The van der Waals surface area contributed by atoms with E-state index in [1.165, 1.54) is 18.2 Å². The maximum atomic E-state index is 13.6. The largest absolute Gasteiger partial charge is 0.350 e. The normalized spacial score (nSPS) is 12.3. The van der Waals surface area contributed by atoms with Crippen molar-refractivity contribution in [1.29, 1.82) is 0 Å². The molecule has 7 nitrogen and oxygen atoms in total. The van der Waals surface area contributed by atoms with Gasteiger partial charge in [-0.2, -0.15) is 0 Å². The highest BCUT2D eigenvalue weighted by Crippen LogP contribution is 2.50. The van der Waals surface area contributed by atoms with Crippen molar-refractivity contribution in [2.75, 3.05) is 23.8 Å². The monoisotopic (exact) mass is 502 g/mol. The Kier molecular flexibility index (Phi) is 7.63. The fraction of sp³-hybridized carbons (Fsp3) is 0.250. The Morgan fingerprint density at radius 3 is 2.26 bits per heavy atom. The highest BCUT2D eigenvalue weighted by molar-refractivity contribution is 7.93. The highest BCUT2D eigenvalue weighted by atomic mass is 35.5. The van der Waals surface area contributed by atoms with Gasteiger partial charge in [-0.25, -0.2) is 8.42 Å². The predicted molar refractivity (Wildman–Crippen MR) is 124 cm³/mol. The molecule has 0 saturated heterocycles. The van der Waals surface area contributed by atoms with Gasteiger partial charge in [0.2, 0.25) is 0 Å². The van der Waals surface area contributed by atoms with Gasteiger partial charge in [0.15, 0.2) is 0 Å². The van der Waals surface area contributed by atoms with E-state index in [4.69, 9.17) is 32.2 Å². The van der Waals surface area contributed by atoms with Crippen molar-refractivity contribution < 1.29 is 22.0 Å². The summed E-state index contributed by atoms with van der Waals surface area (Å²) < 4.78 is 52.2. The summed E-state index contributed by atoms with van der Waals surface area (Å²) in [5, 5.41) is 1.14. The maximum absolute atomic E-state index is 13.6. The van der Waals surface area contributed by atoms with Crippen molar-refractivity contribution in [3.8, 4) is 0 Å². The zero-order valence-electron chi connectivity index (χ0n) is 16.9. The van der Waals surface area contributed by atoms with Crippen LogP contribution in [0.15, 0.2) is 59.6 Å². The van der Waals surface area contributed by atoms with Crippen LogP contribution in [0.5, 0.6) is 0 Å². The molecule has 0 saturated carbocycles. The van der Waals surface area contributed by atoms with Crippen molar-refractivity contribution >= 4 is 57.4 Å². The Hall–Kier alpha value is -1.67. The van der Waals surface area contributed by atoms with Gasteiger partial charge in [0.25, 0.3) is 10.0 Å². The number of pyridine rings is 1. The van der Waals surface area contributed by atoms with Crippen LogP contribution in [0.4, 0.5) is 5.69 Å². The molecule has 3 aromatic rings. The molecule has 0 unspecified atom stereocenters. The fourth-order valence-corrected chi connectivity index (χ4v) is 7.37. The third-order valence-electron chi connectivity index (χ3n) is 4.25. The first-order chi connectivity index (χ1) is 14.7. The Balaban J connectivity index is 2.18. The number of hydrogen-bond acceptors (Lipinski definition) is 6. The van der Waals surface area contributed by atoms with Crippen LogP contribution in [-0.2, 0) is 23.6 Å². The standard InChI is InChI=1S/C20H21Cl2N2O5PS/c1-3-28-30(25,29-4-2)14-24(18-8-7-15-6-5-9-23-20(15)13-18)31(26,27)19-11-16(21)10-17(22)12-19/h5-13H,3-4,14H2,1-2H3. The Morgan fingerprint density at radius 2 is 1.65 bits per heavy atom. The van der Waals surface area contributed by atoms with E-state index in [0.717, 1.165) is 9.69 Å². The Morgan fingerprint density at radius 1 is 1.00 bits per heavy atom. The third-order valence-corrected chi connectivity index (χ3v) is 8.57. The zero-order chi connectivity index (χ0) is 22.6. The van der Waals surface area contributed by atoms with E-state index in [9.17, 15) is 13.0 Å².